The van der Waals surface area contributed by atoms with Crippen LogP contribution in [0, 0.1) is 0 Å². The quantitative estimate of drug-likeness (QED) is 0.802. The maximum atomic E-state index is 11.4. The number of rotatable bonds is 4. The largest absolute Gasteiger partial charge is 0.476 e. The average molecular weight is 314 g/mol. The lowest BCUT2D eigenvalue weighted by atomic mass is 10.1. The standard InChI is InChI=1S/C16H12ClN3O2/c17-13-8-6-12(7-9-13)15-14(16(21)22)18-19-20(15)10-11-4-2-1-3-5-11/h1-9H,10H2,(H,21,22). The second-order valence-corrected chi connectivity index (χ2v) is 5.18. The molecule has 22 heavy (non-hydrogen) atoms. The Bertz CT molecular complexity index is 798. The summed E-state index contributed by atoms with van der Waals surface area (Å²) in [6, 6.07) is 16.6. The van der Waals surface area contributed by atoms with Crippen molar-refractivity contribution >= 4 is 17.6 Å². The lowest BCUT2D eigenvalue weighted by Crippen LogP contribution is -2.06. The molecule has 2 aromatic carbocycles. The van der Waals surface area contributed by atoms with E-state index >= 15 is 0 Å². The zero-order valence-electron chi connectivity index (χ0n) is 11.5. The molecule has 1 N–H and O–H groups in total. The van der Waals surface area contributed by atoms with Crippen LogP contribution in [-0.4, -0.2) is 26.1 Å². The Balaban J connectivity index is 2.07. The van der Waals surface area contributed by atoms with Gasteiger partial charge in [0.25, 0.3) is 0 Å². The summed E-state index contributed by atoms with van der Waals surface area (Å²) in [6.45, 7) is 0.444. The highest BCUT2D eigenvalue weighted by Crippen LogP contribution is 2.24. The Morgan fingerprint density at radius 3 is 2.41 bits per heavy atom. The predicted molar refractivity (Wildman–Crippen MR) is 83.0 cm³/mol. The van der Waals surface area contributed by atoms with Crippen LogP contribution in [0.4, 0.5) is 0 Å². The summed E-state index contributed by atoms with van der Waals surface area (Å²) in [6.07, 6.45) is 0. The summed E-state index contributed by atoms with van der Waals surface area (Å²) in [4.78, 5) is 11.4. The molecule has 0 aliphatic carbocycles. The van der Waals surface area contributed by atoms with Gasteiger partial charge in [0.15, 0.2) is 5.69 Å². The third-order valence-corrected chi connectivity index (χ3v) is 3.48. The number of carboxylic acid groups (broad SMARTS) is 1. The van der Waals surface area contributed by atoms with Crippen LogP contribution >= 0.6 is 11.6 Å². The highest BCUT2D eigenvalue weighted by molar-refractivity contribution is 6.30. The zero-order chi connectivity index (χ0) is 15.5. The van der Waals surface area contributed by atoms with E-state index in [9.17, 15) is 9.90 Å². The third kappa shape index (κ3) is 2.84. The number of aromatic nitrogens is 3. The van der Waals surface area contributed by atoms with Crippen molar-refractivity contribution in [2.24, 2.45) is 0 Å². The number of benzene rings is 2. The molecule has 0 bridgehead atoms. The molecule has 6 heteroatoms. The highest BCUT2D eigenvalue weighted by atomic mass is 35.5. The first kappa shape index (κ1) is 14.3. The number of hydrogen-bond donors (Lipinski definition) is 1. The Morgan fingerprint density at radius 2 is 1.77 bits per heavy atom. The maximum Gasteiger partial charge on any atom is 0.358 e. The third-order valence-electron chi connectivity index (χ3n) is 3.23. The number of hydrogen-bond acceptors (Lipinski definition) is 3. The Morgan fingerprint density at radius 1 is 1.09 bits per heavy atom. The molecule has 0 radical (unpaired) electrons. The predicted octanol–water partition coefficient (Wildman–Crippen LogP) is 3.35. The molecule has 0 unspecified atom stereocenters. The summed E-state index contributed by atoms with van der Waals surface area (Å²) in [5.41, 5.74) is 2.12. The second-order valence-electron chi connectivity index (χ2n) is 4.74. The van der Waals surface area contributed by atoms with Crippen molar-refractivity contribution in [2.45, 2.75) is 6.54 Å². The zero-order valence-corrected chi connectivity index (χ0v) is 12.2. The molecular formula is C16H12ClN3O2. The minimum Gasteiger partial charge on any atom is -0.476 e. The summed E-state index contributed by atoms with van der Waals surface area (Å²) < 4.78 is 1.59. The molecule has 0 aliphatic rings. The van der Waals surface area contributed by atoms with Gasteiger partial charge in [-0.1, -0.05) is 59.3 Å². The van der Waals surface area contributed by atoms with E-state index in [1.807, 2.05) is 30.3 Å². The van der Waals surface area contributed by atoms with Gasteiger partial charge in [-0.2, -0.15) is 0 Å². The number of nitrogens with zero attached hydrogens (tertiary/aromatic N) is 3. The van der Waals surface area contributed by atoms with Gasteiger partial charge in [0, 0.05) is 10.6 Å². The van der Waals surface area contributed by atoms with E-state index in [-0.39, 0.29) is 5.69 Å². The first-order chi connectivity index (χ1) is 10.6. The number of halogens is 1. The number of aromatic carboxylic acids is 1. The smallest absolute Gasteiger partial charge is 0.358 e. The van der Waals surface area contributed by atoms with E-state index in [1.54, 1.807) is 28.9 Å². The fraction of sp³-hybridized carbons (Fsp3) is 0.0625. The van der Waals surface area contributed by atoms with Gasteiger partial charge in [-0.05, 0) is 17.7 Å². The van der Waals surface area contributed by atoms with E-state index in [0.717, 1.165) is 5.56 Å². The van der Waals surface area contributed by atoms with Gasteiger partial charge in [0.05, 0.1) is 6.54 Å². The molecule has 1 aromatic heterocycles. The van der Waals surface area contributed by atoms with E-state index in [1.165, 1.54) is 0 Å². The summed E-state index contributed by atoms with van der Waals surface area (Å²) in [5.74, 6) is -1.11. The average Bonchev–Trinajstić information content (AvgIpc) is 2.93. The van der Waals surface area contributed by atoms with Gasteiger partial charge in [0.1, 0.15) is 5.69 Å². The summed E-state index contributed by atoms with van der Waals surface area (Å²) in [5, 5.41) is 17.7. The van der Waals surface area contributed by atoms with Crippen LogP contribution in [0.2, 0.25) is 5.02 Å². The van der Waals surface area contributed by atoms with E-state index in [0.29, 0.717) is 22.8 Å². The van der Waals surface area contributed by atoms with Crippen molar-refractivity contribution < 1.29 is 9.90 Å². The normalized spacial score (nSPS) is 10.6. The molecule has 0 saturated heterocycles. The van der Waals surface area contributed by atoms with Gasteiger partial charge in [-0.15, -0.1) is 5.10 Å². The minimum absolute atomic E-state index is 0.0711. The molecule has 5 nitrogen and oxygen atoms in total. The van der Waals surface area contributed by atoms with E-state index in [2.05, 4.69) is 10.3 Å². The SMILES string of the molecule is O=C(O)c1nnn(Cc2ccccc2)c1-c1ccc(Cl)cc1. The summed E-state index contributed by atoms with van der Waals surface area (Å²) >= 11 is 5.89. The van der Waals surface area contributed by atoms with Gasteiger partial charge in [-0.3, -0.25) is 0 Å². The molecule has 0 amide bonds. The van der Waals surface area contributed by atoms with Crippen molar-refractivity contribution in [2.75, 3.05) is 0 Å². The molecule has 0 saturated carbocycles. The Labute approximate surface area is 131 Å². The van der Waals surface area contributed by atoms with Crippen molar-refractivity contribution in [1.29, 1.82) is 0 Å². The van der Waals surface area contributed by atoms with E-state index < -0.39 is 5.97 Å². The maximum absolute atomic E-state index is 11.4. The van der Waals surface area contributed by atoms with Crippen LogP contribution in [0.15, 0.2) is 54.6 Å². The molecule has 1 heterocycles. The Hall–Kier alpha value is -2.66. The first-order valence-corrected chi connectivity index (χ1v) is 6.99. The fourth-order valence-electron chi connectivity index (χ4n) is 2.22. The van der Waals surface area contributed by atoms with Crippen molar-refractivity contribution in [3.63, 3.8) is 0 Å². The number of carboxylic acids is 1. The minimum atomic E-state index is -1.11. The van der Waals surface area contributed by atoms with E-state index in [4.69, 9.17) is 11.6 Å². The van der Waals surface area contributed by atoms with Crippen LogP contribution in [0.3, 0.4) is 0 Å². The van der Waals surface area contributed by atoms with Gasteiger partial charge in [-0.25, -0.2) is 9.48 Å². The van der Waals surface area contributed by atoms with Crippen molar-refractivity contribution in [3.8, 4) is 11.3 Å². The van der Waals surface area contributed by atoms with Crippen molar-refractivity contribution in [1.82, 2.24) is 15.0 Å². The molecule has 0 atom stereocenters. The van der Waals surface area contributed by atoms with Crippen molar-refractivity contribution in [3.05, 3.63) is 70.9 Å². The van der Waals surface area contributed by atoms with Gasteiger partial charge in [0.2, 0.25) is 0 Å². The van der Waals surface area contributed by atoms with Crippen LogP contribution in [0.25, 0.3) is 11.3 Å². The molecule has 0 spiro atoms. The molecule has 3 rings (SSSR count). The van der Waals surface area contributed by atoms with Crippen LogP contribution in [0.1, 0.15) is 16.1 Å². The molecule has 110 valence electrons. The topological polar surface area (TPSA) is 68.0 Å². The van der Waals surface area contributed by atoms with Gasteiger partial charge < -0.3 is 5.11 Å². The first-order valence-electron chi connectivity index (χ1n) is 6.62. The highest BCUT2D eigenvalue weighted by Gasteiger charge is 2.20. The molecule has 3 aromatic rings. The lowest BCUT2D eigenvalue weighted by Gasteiger charge is -2.07. The lowest BCUT2D eigenvalue weighted by molar-refractivity contribution is 0.0691. The van der Waals surface area contributed by atoms with Crippen LogP contribution in [0.5, 0.6) is 0 Å². The number of carbonyl (C=O) groups is 1. The monoisotopic (exact) mass is 313 g/mol. The fourth-order valence-corrected chi connectivity index (χ4v) is 2.34. The van der Waals surface area contributed by atoms with Gasteiger partial charge >= 0.3 is 5.97 Å². The summed E-state index contributed by atoms with van der Waals surface area (Å²) in [7, 11) is 0. The molecule has 0 aliphatic heterocycles. The molecule has 0 fully saturated rings. The van der Waals surface area contributed by atoms with Crippen LogP contribution in [-0.2, 0) is 6.54 Å². The Kier molecular flexibility index (Phi) is 3.89. The second kappa shape index (κ2) is 5.99. The van der Waals surface area contributed by atoms with Crippen LogP contribution < -0.4 is 0 Å². The molecular weight excluding hydrogens is 302 g/mol.